The Balaban J connectivity index is 1.98. The molecule has 0 spiro atoms. The molecular weight excluding hydrogens is 399 g/mol. The second-order valence-corrected chi connectivity index (χ2v) is 7.15. The zero-order valence-corrected chi connectivity index (χ0v) is 15.8. The number of hydrogen-bond donors (Lipinski definition) is 1. The lowest BCUT2D eigenvalue weighted by Gasteiger charge is -2.16. The standard InChI is InChI=1S/C23H15ClF3NO/c24-17-9-7-14(8-10-17)11-16-13-28-22-19(5-2-6-20(22)23(25,26)27)21(16)15-3-1-4-18(29)12-15/h1-10,12-13,29H,11H2. The van der Waals surface area contributed by atoms with Crippen LogP contribution in [0.5, 0.6) is 5.75 Å². The second-order valence-electron chi connectivity index (χ2n) is 6.71. The number of fused-ring (bicyclic) bond motifs is 1. The Bertz CT molecular complexity index is 1190. The second kappa shape index (κ2) is 7.41. The molecule has 4 rings (SSSR count). The third-order valence-electron chi connectivity index (χ3n) is 4.72. The molecule has 4 aromatic rings. The highest BCUT2D eigenvalue weighted by Gasteiger charge is 2.33. The average molecular weight is 414 g/mol. The summed E-state index contributed by atoms with van der Waals surface area (Å²) in [6.45, 7) is 0. The van der Waals surface area contributed by atoms with Gasteiger partial charge in [0.15, 0.2) is 0 Å². The third kappa shape index (κ3) is 3.91. The van der Waals surface area contributed by atoms with Crippen LogP contribution in [0.15, 0.2) is 72.9 Å². The summed E-state index contributed by atoms with van der Waals surface area (Å²) >= 11 is 5.95. The van der Waals surface area contributed by atoms with Crippen molar-refractivity contribution >= 4 is 22.5 Å². The van der Waals surface area contributed by atoms with E-state index in [0.717, 1.165) is 17.2 Å². The topological polar surface area (TPSA) is 33.1 Å². The number of alkyl halides is 3. The number of phenolic OH excluding ortho intramolecular Hbond substituents is 1. The van der Waals surface area contributed by atoms with Crippen molar-refractivity contribution < 1.29 is 18.3 Å². The molecule has 1 aromatic heterocycles. The van der Waals surface area contributed by atoms with E-state index in [0.29, 0.717) is 28.0 Å². The van der Waals surface area contributed by atoms with Crippen LogP contribution in [0.2, 0.25) is 5.02 Å². The maximum atomic E-state index is 13.5. The molecule has 146 valence electrons. The van der Waals surface area contributed by atoms with Crippen molar-refractivity contribution in [3.05, 3.63) is 94.6 Å². The minimum atomic E-state index is -4.51. The number of aromatic hydroxyl groups is 1. The first-order valence-electron chi connectivity index (χ1n) is 8.84. The summed E-state index contributed by atoms with van der Waals surface area (Å²) in [5, 5.41) is 10.9. The van der Waals surface area contributed by atoms with Crippen molar-refractivity contribution in [3.8, 4) is 16.9 Å². The van der Waals surface area contributed by atoms with Crippen molar-refractivity contribution in [1.29, 1.82) is 0 Å². The molecule has 1 heterocycles. The summed E-state index contributed by atoms with van der Waals surface area (Å²) < 4.78 is 40.5. The van der Waals surface area contributed by atoms with Gasteiger partial charge >= 0.3 is 6.18 Å². The molecule has 0 aliphatic carbocycles. The van der Waals surface area contributed by atoms with Gasteiger partial charge in [-0.2, -0.15) is 13.2 Å². The first kappa shape index (κ1) is 19.3. The molecule has 0 atom stereocenters. The van der Waals surface area contributed by atoms with E-state index >= 15 is 0 Å². The van der Waals surface area contributed by atoms with Gasteiger partial charge in [0.1, 0.15) is 5.75 Å². The number of benzene rings is 3. The molecule has 0 bridgehead atoms. The Kier molecular flexibility index (Phi) is 4.92. The maximum absolute atomic E-state index is 13.5. The quantitative estimate of drug-likeness (QED) is 0.397. The normalized spacial score (nSPS) is 11.7. The average Bonchev–Trinajstić information content (AvgIpc) is 2.68. The molecule has 0 saturated carbocycles. The van der Waals surface area contributed by atoms with Crippen LogP contribution in [-0.4, -0.2) is 10.1 Å². The Morgan fingerprint density at radius 1 is 0.931 bits per heavy atom. The van der Waals surface area contributed by atoms with Crippen molar-refractivity contribution in [2.24, 2.45) is 0 Å². The predicted molar refractivity (Wildman–Crippen MR) is 108 cm³/mol. The van der Waals surface area contributed by atoms with Crippen LogP contribution in [0.3, 0.4) is 0 Å². The predicted octanol–water partition coefficient (Wildman–Crippen LogP) is 6.87. The first-order valence-corrected chi connectivity index (χ1v) is 9.22. The molecule has 0 aliphatic rings. The number of phenols is 1. The van der Waals surface area contributed by atoms with Crippen LogP contribution in [0.1, 0.15) is 16.7 Å². The zero-order chi connectivity index (χ0) is 20.6. The molecule has 3 aromatic carbocycles. The van der Waals surface area contributed by atoms with Gasteiger partial charge in [-0.15, -0.1) is 0 Å². The summed E-state index contributed by atoms with van der Waals surface area (Å²) in [5.41, 5.74) is 2.05. The molecule has 29 heavy (non-hydrogen) atoms. The molecule has 2 nitrogen and oxygen atoms in total. The van der Waals surface area contributed by atoms with Gasteiger partial charge in [0, 0.05) is 16.6 Å². The molecule has 0 unspecified atom stereocenters. The lowest BCUT2D eigenvalue weighted by molar-refractivity contribution is -0.136. The fourth-order valence-electron chi connectivity index (χ4n) is 3.45. The number of nitrogens with zero attached hydrogens (tertiary/aromatic N) is 1. The minimum absolute atomic E-state index is 0.0388. The van der Waals surface area contributed by atoms with Gasteiger partial charge in [-0.25, -0.2) is 0 Å². The Labute approximate surface area is 170 Å². The van der Waals surface area contributed by atoms with Gasteiger partial charge in [0.2, 0.25) is 0 Å². The number of halogens is 4. The Morgan fingerprint density at radius 2 is 1.66 bits per heavy atom. The molecule has 0 aliphatic heterocycles. The Morgan fingerprint density at radius 3 is 2.34 bits per heavy atom. The summed E-state index contributed by atoms with van der Waals surface area (Å²) in [4.78, 5) is 4.16. The molecule has 0 saturated heterocycles. The lowest BCUT2D eigenvalue weighted by atomic mass is 9.92. The van der Waals surface area contributed by atoms with Crippen LogP contribution >= 0.6 is 11.6 Å². The van der Waals surface area contributed by atoms with Gasteiger partial charge in [-0.3, -0.25) is 4.98 Å². The smallest absolute Gasteiger partial charge is 0.418 e. The van der Waals surface area contributed by atoms with E-state index in [4.69, 9.17) is 11.6 Å². The van der Waals surface area contributed by atoms with Crippen LogP contribution in [0.4, 0.5) is 13.2 Å². The fraction of sp³-hybridized carbons (Fsp3) is 0.0870. The van der Waals surface area contributed by atoms with Crippen LogP contribution in [0, 0.1) is 0 Å². The highest BCUT2D eigenvalue weighted by atomic mass is 35.5. The molecular formula is C23H15ClF3NO. The number of hydrogen-bond acceptors (Lipinski definition) is 2. The summed E-state index contributed by atoms with van der Waals surface area (Å²) in [5.74, 6) is 0.0388. The van der Waals surface area contributed by atoms with Crippen LogP contribution < -0.4 is 0 Å². The number of rotatable bonds is 3. The first-order chi connectivity index (χ1) is 13.8. The number of aromatic nitrogens is 1. The highest BCUT2D eigenvalue weighted by Crippen LogP contribution is 2.39. The third-order valence-corrected chi connectivity index (χ3v) is 4.98. The van der Waals surface area contributed by atoms with Gasteiger partial charge in [0.25, 0.3) is 0 Å². The van der Waals surface area contributed by atoms with E-state index in [1.54, 1.807) is 36.4 Å². The van der Waals surface area contributed by atoms with Gasteiger partial charge in [-0.1, -0.05) is 48.0 Å². The van der Waals surface area contributed by atoms with Crippen molar-refractivity contribution in [2.45, 2.75) is 12.6 Å². The van der Waals surface area contributed by atoms with E-state index < -0.39 is 11.7 Å². The van der Waals surface area contributed by atoms with Crippen molar-refractivity contribution in [3.63, 3.8) is 0 Å². The van der Waals surface area contributed by atoms with E-state index in [1.807, 2.05) is 12.1 Å². The lowest BCUT2D eigenvalue weighted by Crippen LogP contribution is -2.07. The SMILES string of the molecule is Oc1cccc(-c2c(Cc3ccc(Cl)cc3)cnc3c(C(F)(F)F)cccc23)c1. The minimum Gasteiger partial charge on any atom is -0.508 e. The monoisotopic (exact) mass is 413 g/mol. The van der Waals surface area contributed by atoms with Gasteiger partial charge in [0.05, 0.1) is 11.1 Å². The molecule has 1 N–H and O–H groups in total. The van der Waals surface area contributed by atoms with E-state index in [1.165, 1.54) is 18.3 Å². The molecule has 0 amide bonds. The molecule has 0 fully saturated rings. The molecule has 0 radical (unpaired) electrons. The van der Waals surface area contributed by atoms with Crippen molar-refractivity contribution in [1.82, 2.24) is 4.98 Å². The van der Waals surface area contributed by atoms with Gasteiger partial charge in [-0.05, 0) is 59.0 Å². The summed E-state index contributed by atoms with van der Waals surface area (Å²) in [6, 6.07) is 17.8. The highest BCUT2D eigenvalue weighted by molar-refractivity contribution is 6.30. The zero-order valence-electron chi connectivity index (χ0n) is 15.0. The molecule has 6 heteroatoms. The number of pyridine rings is 1. The van der Waals surface area contributed by atoms with E-state index in [-0.39, 0.29) is 11.3 Å². The fourth-order valence-corrected chi connectivity index (χ4v) is 3.58. The maximum Gasteiger partial charge on any atom is 0.418 e. The number of para-hydroxylation sites is 1. The van der Waals surface area contributed by atoms with E-state index in [2.05, 4.69) is 4.98 Å². The summed E-state index contributed by atoms with van der Waals surface area (Å²) in [6.07, 6.45) is -2.58. The van der Waals surface area contributed by atoms with E-state index in [9.17, 15) is 18.3 Å². The summed E-state index contributed by atoms with van der Waals surface area (Å²) in [7, 11) is 0. The van der Waals surface area contributed by atoms with Gasteiger partial charge < -0.3 is 5.11 Å². The Hall–Kier alpha value is -3.05. The van der Waals surface area contributed by atoms with Crippen LogP contribution in [0.25, 0.3) is 22.0 Å². The van der Waals surface area contributed by atoms with Crippen molar-refractivity contribution in [2.75, 3.05) is 0 Å². The largest absolute Gasteiger partial charge is 0.508 e. The van der Waals surface area contributed by atoms with Crippen LogP contribution in [-0.2, 0) is 12.6 Å².